The summed E-state index contributed by atoms with van der Waals surface area (Å²) in [6.07, 6.45) is 12.9. The Labute approximate surface area is 162 Å². The van der Waals surface area contributed by atoms with Gasteiger partial charge in [0, 0.05) is 6.54 Å². The number of rotatable bonds is 14. The van der Waals surface area contributed by atoms with Crippen molar-refractivity contribution in [3.63, 3.8) is 0 Å². The predicted octanol–water partition coefficient (Wildman–Crippen LogP) is 4.52. The monoisotopic (exact) mass is 371 g/mol. The minimum absolute atomic E-state index is 0.137. The Morgan fingerprint density at radius 1 is 0.926 bits per heavy atom. The second-order valence-corrected chi connectivity index (χ2v) is 7.06. The molecule has 2 rings (SSSR count). The molecule has 0 atom stereocenters. The van der Waals surface area contributed by atoms with Gasteiger partial charge in [0.2, 0.25) is 0 Å². The van der Waals surface area contributed by atoms with Crippen LogP contribution in [0.2, 0.25) is 0 Å². The molecule has 0 aliphatic rings. The van der Waals surface area contributed by atoms with E-state index in [2.05, 4.69) is 27.7 Å². The van der Waals surface area contributed by atoms with Crippen LogP contribution in [0.1, 0.15) is 87.3 Å². The fourth-order valence-electron chi connectivity index (χ4n) is 3.03. The molecule has 0 fully saturated rings. The van der Waals surface area contributed by atoms with E-state index in [1.165, 1.54) is 62.6 Å². The maximum absolute atomic E-state index is 12.1. The number of carbonyl (C=O) groups is 1. The first kappa shape index (κ1) is 21.1. The smallest absolute Gasteiger partial charge is 0.293 e. The Hall–Kier alpha value is -2.24. The largest absolute Gasteiger partial charge is 0.345 e. The third-order valence-corrected chi connectivity index (χ3v) is 4.66. The number of carbonyl (C=O) groups excluding carboxylic acids is 1. The Balaban J connectivity index is 1.54. The average Bonchev–Trinajstić information content (AvgIpc) is 3.17. The lowest BCUT2D eigenvalue weighted by Crippen LogP contribution is -2.24. The molecule has 0 unspecified atom stereocenters. The molecular weight excluding hydrogens is 338 g/mol. The highest BCUT2D eigenvalue weighted by Gasteiger charge is 2.12. The van der Waals surface area contributed by atoms with Crippen LogP contribution in [-0.2, 0) is 13.1 Å². The summed E-state index contributed by atoms with van der Waals surface area (Å²) in [5.74, 6) is -0.147. The molecule has 0 saturated heterocycles. The van der Waals surface area contributed by atoms with E-state index in [0.717, 1.165) is 18.5 Å². The Kier molecular flexibility index (Phi) is 10.1. The summed E-state index contributed by atoms with van der Waals surface area (Å²) in [7, 11) is 0. The van der Waals surface area contributed by atoms with Gasteiger partial charge in [0.1, 0.15) is 0 Å². The molecule has 148 valence electrons. The van der Waals surface area contributed by atoms with Crippen LogP contribution < -0.4 is 5.32 Å². The highest BCUT2D eigenvalue weighted by Crippen LogP contribution is 2.10. The number of nitrogens with zero attached hydrogens (tertiary/aromatic N) is 4. The predicted molar refractivity (Wildman–Crippen MR) is 107 cm³/mol. The molecule has 1 aromatic carbocycles. The molecular formula is C21H33N5O. The van der Waals surface area contributed by atoms with Crippen molar-refractivity contribution in [3.8, 4) is 0 Å². The second-order valence-electron chi connectivity index (χ2n) is 7.06. The molecule has 0 spiro atoms. The van der Waals surface area contributed by atoms with Gasteiger partial charge < -0.3 is 5.32 Å². The maximum atomic E-state index is 12.1. The lowest BCUT2D eigenvalue weighted by atomic mass is 10.1. The van der Waals surface area contributed by atoms with Gasteiger partial charge in [0.25, 0.3) is 11.7 Å². The zero-order valence-corrected chi connectivity index (χ0v) is 16.6. The van der Waals surface area contributed by atoms with E-state index in [0.29, 0.717) is 6.54 Å². The molecule has 1 aromatic heterocycles. The van der Waals surface area contributed by atoms with Gasteiger partial charge in [-0.15, -0.1) is 10.2 Å². The minimum atomic E-state index is -0.284. The van der Waals surface area contributed by atoms with E-state index >= 15 is 0 Å². The summed E-state index contributed by atoms with van der Waals surface area (Å²) in [6, 6.07) is 9.78. The van der Waals surface area contributed by atoms with Crippen molar-refractivity contribution in [1.29, 1.82) is 0 Å². The van der Waals surface area contributed by atoms with Crippen molar-refractivity contribution in [1.82, 2.24) is 25.5 Å². The summed E-state index contributed by atoms with van der Waals surface area (Å²) in [6.45, 7) is 3.44. The van der Waals surface area contributed by atoms with Crippen LogP contribution in [0, 0.1) is 0 Å². The first-order chi connectivity index (χ1) is 13.3. The van der Waals surface area contributed by atoms with Gasteiger partial charge in [0.05, 0.1) is 6.54 Å². The number of aryl methyl sites for hydroxylation is 1. The fraction of sp³-hybridized carbons (Fsp3) is 0.619. The van der Waals surface area contributed by atoms with Gasteiger partial charge >= 0.3 is 0 Å². The number of amides is 1. The van der Waals surface area contributed by atoms with Crippen LogP contribution >= 0.6 is 0 Å². The topological polar surface area (TPSA) is 72.7 Å². The van der Waals surface area contributed by atoms with Gasteiger partial charge in [-0.2, -0.15) is 4.80 Å². The van der Waals surface area contributed by atoms with E-state index in [4.69, 9.17) is 0 Å². The molecule has 0 aliphatic carbocycles. The second kappa shape index (κ2) is 13.0. The summed E-state index contributed by atoms with van der Waals surface area (Å²) >= 11 is 0. The molecule has 27 heavy (non-hydrogen) atoms. The van der Waals surface area contributed by atoms with Crippen molar-refractivity contribution in [3.05, 3.63) is 41.7 Å². The van der Waals surface area contributed by atoms with Crippen molar-refractivity contribution in [2.45, 2.75) is 84.2 Å². The van der Waals surface area contributed by atoms with Crippen LogP contribution in [0.25, 0.3) is 0 Å². The first-order valence-electron chi connectivity index (χ1n) is 10.4. The molecule has 1 N–H and O–H groups in total. The van der Waals surface area contributed by atoms with E-state index in [-0.39, 0.29) is 11.7 Å². The summed E-state index contributed by atoms with van der Waals surface area (Å²) in [5, 5.41) is 14.8. The molecule has 1 amide bonds. The molecule has 6 nitrogen and oxygen atoms in total. The lowest BCUT2D eigenvalue weighted by Gasteiger charge is -2.02. The normalized spacial score (nSPS) is 10.9. The van der Waals surface area contributed by atoms with Gasteiger partial charge in [-0.25, -0.2) is 0 Å². The van der Waals surface area contributed by atoms with Crippen molar-refractivity contribution in [2.24, 2.45) is 0 Å². The SMILES string of the molecule is CCCCCCCCCCCCn1nnc(C(=O)NCc2ccccc2)n1. The third kappa shape index (κ3) is 8.80. The fourth-order valence-corrected chi connectivity index (χ4v) is 3.03. The third-order valence-electron chi connectivity index (χ3n) is 4.66. The summed E-state index contributed by atoms with van der Waals surface area (Å²) in [5.41, 5.74) is 1.05. The van der Waals surface area contributed by atoms with E-state index in [1.807, 2.05) is 30.3 Å². The van der Waals surface area contributed by atoms with Crippen LogP contribution in [0.15, 0.2) is 30.3 Å². The lowest BCUT2D eigenvalue weighted by molar-refractivity contribution is 0.0940. The number of hydrogen-bond acceptors (Lipinski definition) is 4. The Bertz CT molecular complexity index is 641. The quantitative estimate of drug-likeness (QED) is 0.495. The highest BCUT2D eigenvalue weighted by molar-refractivity contribution is 5.89. The van der Waals surface area contributed by atoms with Crippen molar-refractivity contribution < 1.29 is 4.79 Å². The molecule has 0 radical (unpaired) electrons. The number of unbranched alkanes of at least 4 members (excludes halogenated alkanes) is 9. The first-order valence-corrected chi connectivity index (χ1v) is 10.4. The number of benzene rings is 1. The van der Waals surface area contributed by atoms with Crippen LogP contribution in [-0.4, -0.2) is 26.1 Å². The molecule has 0 aliphatic heterocycles. The zero-order chi connectivity index (χ0) is 19.2. The van der Waals surface area contributed by atoms with E-state index in [1.54, 1.807) is 0 Å². The van der Waals surface area contributed by atoms with Crippen LogP contribution in [0.3, 0.4) is 0 Å². The molecule has 0 bridgehead atoms. The van der Waals surface area contributed by atoms with Crippen LogP contribution in [0.4, 0.5) is 0 Å². The van der Waals surface area contributed by atoms with Gasteiger partial charge in [-0.05, 0) is 17.2 Å². The van der Waals surface area contributed by atoms with Crippen molar-refractivity contribution in [2.75, 3.05) is 0 Å². The average molecular weight is 372 g/mol. The number of aromatic nitrogens is 4. The standard InChI is InChI=1S/C21H33N5O/c1-2-3-4-5-6-7-8-9-10-14-17-26-24-20(23-25-26)21(27)22-18-19-15-12-11-13-16-19/h11-13,15-16H,2-10,14,17-18H2,1H3,(H,22,27). The Morgan fingerprint density at radius 2 is 1.56 bits per heavy atom. The maximum Gasteiger partial charge on any atom is 0.293 e. The van der Waals surface area contributed by atoms with Gasteiger partial charge in [-0.1, -0.05) is 95.0 Å². The highest BCUT2D eigenvalue weighted by atomic mass is 16.2. The summed E-state index contributed by atoms with van der Waals surface area (Å²) < 4.78 is 0. The van der Waals surface area contributed by atoms with E-state index < -0.39 is 0 Å². The minimum Gasteiger partial charge on any atom is -0.345 e. The molecule has 6 heteroatoms. The van der Waals surface area contributed by atoms with Crippen LogP contribution in [0.5, 0.6) is 0 Å². The number of hydrogen-bond donors (Lipinski definition) is 1. The Morgan fingerprint density at radius 3 is 2.22 bits per heavy atom. The van der Waals surface area contributed by atoms with Crippen molar-refractivity contribution >= 4 is 5.91 Å². The molecule has 1 heterocycles. The molecule has 0 saturated carbocycles. The number of tetrazole rings is 1. The number of nitrogens with one attached hydrogen (secondary N) is 1. The summed E-state index contributed by atoms with van der Waals surface area (Å²) in [4.78, 5) is 13.6. The molecule has 2 aromatic rings. The van der Waals surface area contributed by atoms with Gasteiger partial charge in [0.15, 0.2) is 0 Å². The van der Waals surface area contributed by atoms with Gasteiger partial charge in [-0.3, -0.25) is 4.79 Å². The zero-order valence-electron chi connectivity index (χ0n) is 16.6. The van der Waals surface area contributed by atoms with E-state index in [9.17, 15) is 4.79 Å².